The molecule has 2 aliphatic rings. The molecule has 4 atom stereocenters. The lowest BCUT2D eigenvalue weighted by Crippen LogP contribution is -2.68. The van der Waals surface area contributed by atoms with Gasteiger partial charge in [0.15, 0.2) is 46.0 Å². The fourth-order valence-electron chi connectivity index (χ4n) is 9.91. The first-order valence-corrected chi connectivity index (χ1v) is 25.1. The van der Waals surface area contributed by atoms with Crippen LogP contribution in [0.15, 0.2) is 60.7 Å². The third kappa shape index (κ3) is 15.2. The van der Waals surface area contributed by atoms with Crippen LogP contribution in [0.5, 0.6) is 46.0 Å². The highest BCUT2D eigenvalue weighted by atomic mass is 35.7. The summed E-state index contributed by atoms with van der Waals surface area (Å²) in [6, 6.07) is 20.5. The van der Waals surface area contributed by atoms with Crippen molar-refractivity contribution in [2.45, 2.75) is 69.9 Å². The number of esters is 2. The number of halogens is 1. The smallest absolute Gasteiger partial charge is 0.311 e. The van der Waals surface area contributed by atoms with Gasteiger partial charge in [0.1, 0.15) is 12.1 Å². The summed E-state index contributed by atoms with van der Waals surface area (Å²) in [6.07, 6.45) is 5.85. The molecular formula is C53H72ClN2O16+. The number of rotatable bonds is 24. The number of unbranched alkanes of at least 4 members (excludes halogenated alkanes) is 2. The molecular weight excluding hydrogens is 956 g/mol. The van der Waals surface area contributed by atoms with Gasteiger partial charge in [0, 0.05) is 36.8 Å². The first kappa shape index (κ1) is 57.2. The number of carbonyl (C=O) groups excluding carboxylic acids is 2. The van der Waals surface area contributed by atoms with Crippen molar-refractivity contribution in [1.29, 1.82) is 0 Å². The highest BCUT2D eigenvalue weighted by Crippen LogP contribution is 2.45. The van der Waals surface area contributed by atoms with E-state index in [1.54, 1.807) is 56.9 Å². The van der Waals surface area contributed by atoms with Crippen molar-refractivity contribution < 1.29 is 94.8 Å². The molecule has 0 saturated heterocycles. The van der Waals surface area contributed by atoms with Crippen LogP contribution >= 0.6 is 0 Å². The average molecular weight is 1030 g/mol. The maximum atomic E-state index is 13.2. The van der Waals surface area contributed by atoms with Crippen LogP contribution in [0.25, 0.3) is 0 Å². The van der Waals surface area contributed by atoms with Gasteiger partial charge >= 0.3 is 11.9 Å². The number of carbonyl (C=O) groups is 2. The minimum Gasteiger partial charge on any atom is -0.493 e. The van der Waals surface area contributed by atoms with Gasteiger partial charge in [0.2, 0.25) is 0 Å². The first-order valence-electron chi connectivity index (χ1n) is 23.9. The summed E-state index contributed by atoms with van der Waals surface area (Å²) < 4.78 is 91.8. The second kappa shape index (κ2) is 26.3. The van der Waals surface area contributed by atoms with Crippen molar-refractivity contribution in [2.75, 3.05) is 110 Å². The molecule has 0 amide bonds. The predicted molar refractivity (Wildman–Crippen MR) is 255 cm³/mol. The summed E-state index contributed by atoms with van der Waals surface area (Å²) in [6.45, 7) is 3.57. The quantitative estimate of drug-likeness (QED) is 0.0559. The second-order valence-corrected chi connectivity index (χ2v) is 19.1. The first-order chi connectivity index (χ1) is 34.4. The van der Waals surface area contributed by atoms with Crippen LogP contribution in [0.4, 0.5) is 0 Å². The molecule has 4 unspecified atom stereocenters. The Hall–Kier alpha value is -5.73. The molecule has 19 heteroatoms. The maximum Gasteiger partial charge on any atom is 0.311 e. The fourth-order valence-corrected chi connectivity index (χ4v) is 9.91. The molecule has 0 spiro atoms. The van der Waals surface area contributed by atoms with Gasteiger partial charge in [-0.05, 0) is 90.0 Å². The van der Waals surface area contributed by atoms with Crippen molar-refractivity contribution in [2.24, 2.45) is 0 Å². The normalized spacial score (nSPS) is 19.0. The molecule has 0 radical (unpaired) electrons. The molecule has 0 N–H and O–H groups in total. The van der Waals surface area contributed by atoms with E-state index in [0.717, 1.165) is 56.3 Å². The zero-order valence-electron chi connectivity index (χ0n) is 43.3. The number of nitrogens with zero attached hydrogens (tertiary/aromatic N) is 2. The molecule has 0 aromatic heterocycles. The van der Waals surface area contributed by atoms with Crippen molar-refractivity contribution in [3.63, 3.8) is 0 Å². The third-order valence-electron chi connectivity index (χ3n) is 14.0. The summed E-state index contributed by atoms with van der Waals surface area (Å²) in [7, 11) is 12.7. The van der Waals surface area contributed by atoms with Crippen LogP contribution in [0.3, 0.4) is 0 Å². The number of ether oxygens (including phenoxy) is 10. The monoisotopic (exact) mass is 1030 g/mol. The summed E-state index contributed by atoms with van der Waals surface area (Å²) >= 11 is 0. The van der Waals surface area contributed by atoms with Crippen LogP contribution in [-0.4, -0.2) is 131 Å². The van der Waals surface area contributed by atoms with Crippen molar-refractivity contribution in [3.8, 4) is 46.0 Å². The molecule has 6 rings (SSSR count). The summed E-state index contributed by atoms with van der Waals surface area (Å²) in [5.41, 5.74) is 7.00. The molecule has 0 fully saturated rings. The van der Waals surface area contributed by atoms with Gasteiger partial charge in [0.05, 0.1) is 123 Å². The molecule has 0 saturated carbocycles. The number of likely N-dealkylation sites (N-methyl/N-ethyl adjacent to an activating group) is 2. The van der Waals surface area contributed by atoms with Crippen LogP contribution in [0, 0.1) is 10.2 Å². The number of fused-ring (bicyclic) bond motifs is 2. The van der Waals surface area contributed by atoms with Crippen LogP contribution in [0.2, 0.25) is 0 Å². The largest absolute Gasteiger partial charge is 0.493 e. The molecule has 0 bridgehead atoms. The molecule has 18 nitrogen and oxygen atoms in total. The zero-order valence-corrected chi connectivity index (χ0v) is 44.1. The van der Waals surface area contributed by atoms with Gasteiger partial charge in [-0.2, -0.15) is 0 Å². The summed E-state index contributed by atoms with van der Waals surface area (Å²) in [5.74, 6) is 5.06. The van der Waals surface area contributed by atoms with Crippen molar-refractivity contribution in [3.05, 3.63) is 94.0 Å². The number of hydrogen-bond donors (Lipinski definition) is 0. The van der Waals surface area contributed by atoms with Crippen LogP contribution < -0.4 is 56.5 Å². The Labute approximate surface area is 425 Å². The van der Waals surface area contributed by atoms with Gasteiger partial charge in [-0.3, -0.25) is 9.59 Å². The van der Waals surface area contributed by atoms with E-state index in [4.69, 9.17) is 66.0 Å². The predicted octanol–water partition coefficient (Wildman–Crippen LogP) is 3.31. The molecule has 0 aliphatic carbocycles. The number of methoxy groups -OCH3 is 8. The number of quaternary nitrogens is 2. The van der Waals surface area contributed by atoms with E-state index in [1.165, 1.54) is 22.3 Å². The van der Waals surface area contributed by atoms with E-state index in [0.29, 0.717) is 107 Å². The zero-order chi connectivity index (χ0) is 52.6. The molecule has 4 aromatic carbocycles. The average Bonchev–Trinajstić information content (AvgIpc) is 3.37. The Morgan fingerprint density at radius 1 is 0.486 bits per heavy atom. The van der Waals surface area contributed by atoms with E-state index >= 15 is 0 Å². The topological polar surface area (TPSA) is 219 Å². The molecule has 4 aromatic rings. The van der Waals surface area contributed by atoms with E-state index in [-0.39, 0.29) is 24.0 Å². The maximum absolute atomic E-state index is 13.2. The van der Waals surface area contributed by atoms with Gasteiger partial charge in [-0.25, -0.2) is 18.6 Å². The Bertz CT molecular complexity index is 2270. The number of hydrogen-bond acceptors (Lipinski definition) is 16. The lowest BCUT2D eigenvalue weighted by Gasteiger charge is -2.46. The van der Waals surface area contributed by atoms with Crippen LogP contribution in [-0.2, 0) is 44.7 Å². The second-order valence-electron chi connectivity index (χ2n) is 18.4. The molecule has 72 heavy (non-hydrogen) atoms. The molecule has 2 aliphatic heterocycles. The van der Waals surface area contributed by atoms with E-state index in [9.17, 15) is 9.59 Å². The van der Waals surface area contributed by atoms with Gasteiger partial charge in [-0.1, -0.05) is 12.1 Å². The minimum absolute atomic E-state index is 0.0393. The Morgan fingerprint density at radius 2 is 0.806 bits per heavy atom. The third-order valence-corrected chi connectivity index (χ3v) is 14.0. The fraction of sp³-hybridized carbons (Fsp3) is 0.509. The van der Waals surface area contributed by atoms with Crippen molar-refractivity contribution >= 4 is 11.9 Å². The summed E-state index contributed by atoms with van der Waals surface area (Å²) in [5, 5.41) is 0. The molecule has 2 heterocycles. The van der Waals surface area contributed by atoms with Crippen LogP contribution in [0.1, 0.15) is 77.6 Å². The Kier molecular flexibility index (Phi) is 20.9. The van der Waals surface area contributed by atoms with E-state index < -0.39 is 10.2 Å². The summed E-state index contributed by atoms with van der Waals surface area (Å²) in [4.78, 5) is 26.4. The lowest BCUT2D eigenvalue weighted by molar-refractivity contribution is -2.00. The molecule has 396 valence electrons. The van der Waals surface area contributed by atoms with E-state index in [1.807, 2.05) is 24.3 Å². The van der Waals surface area contributed by atoms with Gasteiger partial charge in [-0.15, -0.1) is 10.2 Å². The highest BCUT2D eigenvalue weighted by Gasteiger charge is 2.42. The Balaban J connectivity index is 0.00000183. The lowest BCUT2D eigenvalue weighted by atomic mass is 9.86. The highest BCUT2D eigenvalue weighted by molar-refractivity contribution is 5.69. The van der Waals surface area contributed by atoms with E-state index in [2.05, 4.69) is 50.5 Å². The van der Waals surface area contributed by atoms with Crippen molar-refractivity contribution in [1.82, 2.24) is 0 Å². The Morgan fingerprint density at radius 3 is 1.14 bits per heavy atom. The standard InChI is InChI=1S/C53H72N2O12.ClHO4/c1-54(22-18-38-32-48(62-7)50(64-9)34-40(38)42(54)28-36-14-16-44(58-3)46(30-36)60-5)24-20-52(56)66-26-12-11-13-27-67-53(57)21-25-55(2)23-19-39-33-49(63-8)51(65-10)35-41(39)43(55)29-37-15-17-45(59-4)47(31-37)61-6;2-1(3,4)5/h14-17,30-35,42-43H,11-13,18-29H2,1-10H3;(H,2,3,4,5)/q+2;/p-1. The SMILES string of the molecule is COc1ccc(CC2c3cc(OC)c(OC)cc3CC[N+]2(C)CCC(=O)OCCCCCOC(=O)CC[N+]2(C)CCc3cc(OC)c(OC)cc3C2Cc2ccc(OC)c(OC)c2)cc1OC.[O-][Cl+3]([O-])([O-])[O-]. The minimum atomic E-state index is -4.94. The number of benzene rings is 4. The van der Waals surface area contributed by atoms with Gasteiger partial charge in [0.25, 0.3) is 0 Å². The van der Waals surface area contributed by atoms with Gasteiger partial charge < -0.3 is 56.3 Å².